The zero-order chi connectivity index (χ0) is 10.1. The van der Waals surface area contributed by atoms with Crippen molar-refractivity contribution in [3.63, 3.8) is 0 Å². The number of phenolic OH excluding ortho intramolecular Hbond substituents is 2. The lowest BCUT2D eigenvalue weighted by Gasteiger charge is -2.26. The maximum absolute atomic E-state index is 9.39. The third-order valence-corrected chi connectivity index (χ3v) is 2.47. The van der Waals surface area contributed by atoms with Crippen LogP contribution in [-0.4, -0.2) is 23.3 Å². The van der Waals surface area contributed by atoms with E-state index in [1.54, 1.807) is 12.1 Å². The number of nitrogens with zero attached hydrogens (tertiary/aromatic N) is 1. The molecule has 0 saturated heterocycles. The minimum absolute atomic E-state index is 0.0579. The Hall–Kier alpha value is -1.64. The second-order valence-corrected chi connectivity index (χ2v) is 3.34. The number of rotatable bonds is 1. The Kier molecular flexibility index (Phi) is 2.08. The molecule has 0 spiro atoms. The molecule has 0 aliphatic carbocycles. The summed E-state index contributed by atoms with van der Waals surface area (Å²) in [5, 5.41) is 18.7. The number of aromatic hydroxyl groups is 2. The number of hydrogen-bond acceptors (Lipinski definition) is 3. The van der Waals surface area contributed by atoms with Gasteiger partial charge in [0, 0.05) is 30.4 Å². The van der Waals surface area contributed by atoms with Crippen LogP contribution in [0.2, 0.25) is 0 Å². The molecule has 0 saturated carbocycles. The molecular weight excluding hydrogens is 178 g/mol. The molecule has 1 heterocycles. The second-order valence-electron chi connectivity index (χ2n) is 3.34. The molecule has 0 bridgehead atoms. The highest BCUT2D eigenvalue weighted by Gasteiger charge is 2.14. The minimum atomic E-state index is -0.0636. The van der Waals surface area contributed by atoms with Crippen molar-refractivity contribution in [1.29, 1.82) is 0 Å². The summed E-state index contributed by atoms with van der Waals surface area (Å²) in [5.74, 6) is -0.121. The summed E-state index contributed by atoms with van der Waals surface area (Å²) in [5.41, 5.74) is 1.93. The first-order valence-electron chi connectivity index (χ1n) is 4.70. The van der Waals surface area contributed by atoms with Gasteiger partial charge in [-0.05, 0) is 13.0 Å². The van der Waals surface area contributed by atoms with Gasteiger partial charge in [-0.15, -0.1) is 0 Å². The maximum Gasteiger partial charge on any atom is 0.159 e. The van der Waals surface area contributed by atoms with E-state index in [0.29, 0.717) is 0 Å². The van der Waals surface area contributed by atoms with Crippen LogP contribution >= 0.6 is 0 Å². The van der Waals surface area contributed by atoms with Crippen LogP contribution in [-0.2, 0) is 0 Å². The third kappa shape index (κ3) is 1.31. The zero-order valence-corrected chi connectivity index (χ0v) is 8.07. The average molecular weight is 191 g/mol. The molecule has 1 aliphatic rings. The van der Waals surface area contributed by atoms with Crippen molar-refractivity contribution < 1.29 is 10.2 Å². The summed E-state index contributed by atoms with van der Waals surface area (Å²) in [7, 11) is 0. The van der Waals surface area contributed by atoms with E-state index in [1.165, 1.54) is 0 Å². The molecule has 1 aromatic carbocycles. The van der Waals surface area contributed by atoms with Crippen molar-refractivity contribution >= 4 is 11.8 Å². The Morgan fingerprint density at radius 3 is 2.71 bits per heavy atom. The van der Waals surface area contributed by atoms with E-state index in [0.717, 1.165) is 24.3 Å². The Bertz CT molecular complexity index is 385. The third-order valence-electron chi connectivity index (χ3n) is 2.47. The molecule has 2 rings (SSSR count). The van der Waals surface area contributed by atoms with Crippen LogP contribution in [0.3, 0.4) is 0 Å². The molecule has 0 fully saturated rings. The second kappa shape index (κ2) is 3.25. The lowest BCUT2D eigenvalue weighted by atomic mass is 10.1. The van der Waals surface area contributed by atoms with Gasteiger partial charge < -0.3 is 15.1 Å². The van der Waals surface area contributed by atoms with Crippen molar-refractivity contribution in [2.45, 2.75) is 6.92 Å². The molecular formula is C11H13NO2. The molecule has 0 unspecified atom stereocenters. The van der Waals surface area contributed by atoms with Crippen LogP contribution < -0.4 is 4.90 Å². The molecule has 3 nitrogen and oxygen atoms in total. The first kappa shape index (κ1) is 8.94. The van der Waals surface area contributed by atoms with E-state index in [2.05, 4.69) is 11.8 Å². The average Bonchev–Trinajstić information content (AvgIpc) is 2.19. The molecule has 0 amide bonds. The number of anilines is 1. The topological polar surface area (TPSA) is 43.7 Å². The lowest BCUT2D eigenvalue weighted by Crippen LogP contribution is -2.25. The predicted molar refractivity (Wildman–Crippen MR) is 56.7 cm³/mol. The normalized spacial score (nSPS) is 14.2. The van der Waals surface area contributed by atoms with Crippen LogP contribution in [0.5, 0.6) is 11.5 Å². The molecule has 1 aliphatic heterocycles. The van der Waals surface area contributed by atoms with Gasteiger partial charge in [0.25, 0.3) is 0 Å². The van der Waals surface area contributed by atoms with Gasteiger partial charge in [0.15, 0.2) is 11.5 Å². The number of fused-ring (bicyclic) bond motifs is 1. The standard InChI is InChI=1S/C11H13NO2/c1-2-12-5-3-4-8-6-10(13)11(14)7-9(8)12/h3-4,6-7,13-14H,2,5H2,1H3. The monoisotopic (exact) mass is 191 g/mol. The van der Waals surface area contributed by atoms with Crippen LogP contribution in [0.15, 0.2) is 18.2 Å². The number of likely N-dealkylation sites (N-methyl/N-ethyl adjacent to an activating group) is 1. The Balaban J connectivity index is 2.54. The molecule has 3 heteroatoms. The number of hydrogen-bond donors (Lipinski definition) is 2. The van der Waals surface area contributed by atoms with Gasteiger partial charge in [-0.2, -0.15) is 0 Å². The fraction of sp³-hybridized carbons (Fsp3) is 0.273. The lowest BCUT2D eigenvalue weighted by molar-refractivity contribution is 0.403. The fourth-order valence-corrected chi connectivity index (χ4v) is 1.69. The van der Waals surface area contributed by atoms with E-state index in [-0.39, 0.29) is 11.5 Å². The highest BCUT2D eigenvalue weighted by atomic mass is 16.3. The summed E-state index contributed by atoms with van der Waals surface area (Å²) >= 11 is 0. The summed E-state index contributed by atoms with van der Waals surface area (Å²) in [4.78, 5) is 2.13. The maximum atomic E-state index is 9.39. The molecule has 0 aromatic heterocycles. The summed E-state index contributed by atoms with van der Waals surface area (Å²) in [6.45, 7) is 3.81. The van der Waals surface area contributed by atoms with Gasteiger partial charge in [-0.25, -0.2) is 0 Å². The van der Waals surface area contributed by atoms with E-state index >= 15 is 0 Å². The zero-order valence-electron chi connectivity index (χ0n) is 8.07. The summed E-state index contributed by atoms with van der Waals surface area (Å²) in [6.07, 6.45) is 4.00. The van der Waals surface area contributed by atoms with Gasteiger partial charge in [0.1, 0.15) is 0 Å². The summed E-state index contributed by atoms with van der Waals surface area (Å²) in [6, 6.07) is 3.20. The Morgan fingerprint density at radius 2 is 2.00 bits per heavy atom. The largest absolute Gasteiger partial charge is 0.504 e. The minimum Gasteiger partial charge on any atom is -0.504 e. The van der Waals surface area contributed by atoms with Gasteiger partial charge in [-0.3, -0.25) is 0 Å². The highest BCUT2D eigenvalue weighted by Crippen LogP contribution is 2.35. The van der Waals surface area contributed by atoms with Crippen molar-refractivity contribution in [3.05, 3.63) is 23.8 Å². The van der Waals surface area contributed by atoms with Crippen LogP contribution in [0, 0.1) is 0 Å². The first-order chi connectivity index (χ1) is 6.72. The van der Waals surface area contributed by atoms with Crippen LogP contribution in [0.25, 0.3) is 6.08 Å². The molecule has 2 N–H and O–H groups in total. The SMILES string of the molecule is CCN1CC=Cc2cc(O)c(O)cc21. The Labute approximate surface area is 82.9 Å². The van der Waals surface area contributed by atoms with Gasteiger partial charge in [0.05, 0.1) is 0 Å². The predicted octanol–water partition coefficient (Wildman–Crippen LogP) is 1.95. The smallest absolute Gasteiger partial charge is 0.159 e. The molecule has 0 radical (unpaired) electrons. The molecule has 74 valence electrons. The van der Waals surface area contributed by atoms with Gasteiger partial charge in [0.2, 0.25) is 0 Å². The fourth-order valence-electron chi connectivity index (χ4n) is 1.69. The Morgan fingerprint density at radius 1 is 1.29 bits per heavy atom. The van der Waals surface area contributed by atoms with Crippen molar-refractivity contribution in [1.82, 2.24) is 0 Å². The molecule has 1 aromatic rings. The molecule has 14 heavy (non-hydrogen) atoms. The van der Waals surface area contributed by atoms with Gasteiger partial charge in [-0.1, -0.05) is 12.2 Å². The van der Waals surface area contributed by atoms with Crippen molar-refractivity contribution in [3.8, 4) is 11.5 Å². The van der Waals surface area contributed by atoms with E-state index in [1.807, 2.05) is 12.2 Å². The highest BCUT2D eigenvalue weighted by molar-refractivity contribution is 5.74. The van der Waals surface area contributed by atoms with E-state index in [4.69, 9.17) is 0 Å². The number of benzene rings is 1. The molecule has 0 atom stereocenters. The van der Waals surface area contributed by atoms with E-state index in [9.17, 15) is 10.2 Å². The number of phenols is 2. The van der Waals surface area contributed by atoms with Crippen LogP contribution in [0.4, 0.5) is 5.69 Å². The summed E-state index contributed by atoms with van der Waals surface area (Å²) < 4.78 is 0. The quantitative estimate of drug-likeness (QED) is 0.667. The van der Waals surface area contributed by atoms with E-state index < -0.39 is 0 Å². The van der Waals surface area contributed by atoms with Crippen molar-refractivity contribution in [2.75, 3.05) is 18.0 Å². The van der Waals surface area contributed by atoms with Gasteiger partial charge >= 0.3 is 0 Å². The first-order valence-corrected chi connectivity index (χ1v) is 4.70. The van der Waals surface area contributed by atoms with Crippen molar-refractivity contribution in [2.24, 2.45) is 0 Å². The van der Waals surface area contributed by atoms with Crippen LogP contribution in [0.1, 0.15) is 12.5 Å².